The van der Waals surface area contributed by atoms with Crippen LogP contribution in [0, 0.1) is 0 Å². The zero-order valence-electron chi connectivity index (χ0n) is 15.3. The van der Waals surface area contributed by atoms with Crippen molar-refractivity contribution in [2.24, 2.45) is 0 Å². The summed E-state index contributed by atoms with van der Waals surface area (Å²) in [5.41, 5.74) is 0. The first-order valence-electron chi connectivity index (χ1n) is 9.93. The fourth-order valence-corrected chi connectivity index (χ4v) is 4.69. The molecule has 0 fully saturated rings. The van der Waals surface area contributed by atoms with E-state index in [9.17, 15) is 0 Å². The Bertz CT molecular complexity index is 192. The van der Waals surface area contributed by atoms with Gasteiger partial charge in [-0.25, -0.2) is 0 Å². The zero-order valence-corrected chi connectivity index (χ0v) is 18.2. The quantitative estimate of drug-likeness (QED) is 0.185. The molecule has 125 valence electrons. The topological polar surface area (TPSA) is 0 Å². The van der Waals surface area contributed by atoms with E-state index in [1.165, 1.54) is 103 Å². The molecule has 1 heteroatoms. The fraction of sp³-hybridized carbons (Fsp3) is 1.00. The van der Waals surface area contributed by atoms with Gasteiger partial charge in [-0.2, -0.15) is 0 Å². The summed E-state index contributed by atoms with van der Waals surface area (Å²) in [5.74, 6) is 0. The van der Waals surface area contributed by atoms with Gasteiger partial charge in [0.15, 0.2) is 0 Å². The molecule has 0 heterocycles. The van der Waals surface area contributed by atoms with Crippen LogP contribution in [0.15, 0.2) is 0 Å². The van der Waals surface area contributed by atoms with Gasteiger partial charge in [0.05, 0.1) is 0 Å². The van der Waals surface area contributed by atoms with Crippen LogP contribution in [0.4, 0.5) is 0 Å². The Morgan fingerprint density at radius 2 is 0.810 bits per heavy atom. The molecule has 0 amide bonds. The molecule has 21 heavy (non-hydrogen) atoms. The standard InChI is InChI=1S/C20H41.Sn/c1-4-7-10-11-12-13-14-15-16-19-20(17-8-5-2)18-9-6-3;/h4-19H2,1-3H3;. The molecular formula is C20H41Sn. The number of rotatable bonds is 16. The van der Waals surface area contributed by atoms with E-state index in [-0.39, 0.29) is 0 Å². The summed E-state index contributed by atoms with van der Waals surface area (Å²) in [4.78, 5) is 0. The first-order valence-corrected chi connectivity index (χ1v) is 11.4. The molecule has 0 rings (SSSR count). The number of hydrogen-bond acceptors (Lipinski definition) is 0. The van der Waals surface area contributed by atoms with Crippen LogP contribution >= 0.6 is 0 Å². The average molecular weight is 400 g/mol. The molecule has 0 aliphatic heterocycles. The molecule has 0 nitrogen and oxygen atoms in total. The van der Waals surface area contributed by atoms with Crippen LogP contribution in [0.2, 0.25) is 3.43 Å². The van der Waals surface area contributed by atoms with Gasteiger partial charge in [-0.3, -0.25) is 0 Å². The molecule has 0 unspecified atom stereocenters. The van der Waals surface area contributed by atoms with Crippen LogP contribution in [-0.4, -0.2) is 22.5 Å². The molecule has 0 N–H and O–H groups in total. The van der Waals surface area contributed by atoms with E-state index in [0.717, 1.165) is 3.43 Å². The molecule has 0 saturated heterocycles. The van der Waals surface area contributed by atoms with E-state index in [1.54, 1.807) is 0 Å². The summed E-state index contributed by atoms with van der Waals surface area (Å²) in [5, 5.41) is 0. The van der Waals surface area contributed by atoms with Crippen LogP contribution in [0.3, 0.4) is 0 Å². The van der Waals surface area contributed by atoms with Crippen molar-refractivity contribution in [1.82, 2.24) is 0 Å². The van der Waals surface area contributed by atoms with Gasteiger partial charge in [-0.1, -0.05) is 0 Å². The van der Waals surface area contributed by atoms with Crippen molar-refractivity contribution >= 4 is 22.5 Å². The second-order valence-electron chi connectivity index (χ2n) is 7.07. The van der Waals surface area contributed by atoms with Crippen molar-refractivity contribution in [2.45, 2.75) is 127 Å². The van der Waals surface area contributed by atoms with Gasteiger partial charge in [0.25, 0.3) is 0 Å². The Labute approximate surface area is 149 Å². The molecule has 0 bridgehead atoms. The van der Waals surface area contributed by atoms with Crippen molar-refractivity contribution in [3.8, 4) is 0 Å². The second kappa shape index (κ2) is 15.7. The van der Waals surface area contributed by atoms with E-state index in [2.05, 4.69) is 20.8 Å². The van der Waals surface area contributed by atoms with Crippen LogP contribution in [0.1, 0.15) is 124 Å². The first-order chi connectivity index (χ1) is 10.2. The van der Waals surface area contributed by atoms with E-state index in [0.29, 0.717) is 0 Å². The first kappa shape index (κ1) is 21.8. The molecule has 0 saturated carbocycles. The van der Waals surface area contributed by atoms with Gasteiger partial charge in [0.2, 0.25) is 0 Å². The summed E-state index contributed by atoms with van der Waals surface area (Å²) in [6, 6.07) is 0. The van der Waals surface area contributed by atoms with Gasteiger partial charge in [0.1, 0.15) is 0 Å². The summed E-state index contributed by atoms with van der Waals surface area (Å²) in [6.07, 6.45) is 23.3. The van der Waals surface area contributed by atoms with Crippen molar-refractivity contribution in [3.05, 3.63) is 0 Å². The molecule has 0 aromatic rings. The van der Waals surface area contributed by atoms with E-state index in [1.807, 2.05) is 22.5 Å². The van der Waals surface area contributed by atoms with E-state index in [4.69, 9.17) is 0 Å². The van der Waals surface area contributed by atoms with Gasteiger partial charge < -0.3 is 0 Å². The monoisotopic (exact) mass is 401 g/mol. The Morgan fingerprint density at radius 3 is 1.24 bits per heavy atom. The van der Waals surface area contributed by atoms with Crippen LogP contribution in [0.5, 0.6) is 0 Å². The Balaban J connectivity index is 3.62. The van der Waals surface area contributed by atoms with Gasteiger partial charge >= 0.3 is 149 Å². The van der Waals surface area contributed by atoms with E-state index < -0.39 is 0 Å². The van der Waals surface area contributed by atoms with Gasteiger partial charge in [-0.05, 0) is 0 Å². The number of hydrogen-bond donors (Lipinski definition) is 0. The molecule has 0 aliphatic rings. The normalized spacial score (nSPS) is 12.0. The van der Waals surface area contributed by atoms with Crippen LogP contribution < -0.4 is 0 Å². The van der Waals surface area contributed by atoms with Crippen LogP contribution in [0.25, 0.3) is 0 Å². The van der Waals surface area contributed by atoms with Crippen LogP contribution in [-0.2, 0) is 0 Å². The summed E-state index contributed by atoms with van der Waals surface area (Å²) < 4.78 is 0.736. The molecule has 0 aromatic heterocycles. The Kier molecular flexibility index (Phi) is 16.3. The second-order valence-corrected chi connectivity index (χ2v) is 10.1. The summed E-state index contributed by atoms with van der Waals surface area (Å²) >= 11 is 1.82. The predicted octanol–water partition coefficient (Wildman–Crippen LogP) is 7.61. The van der Waals surface area contributed by atoms with Crippen molar-refractivity contribution in [3.63, 3.8) is 0 Å². The summed E-state index contributed by atoms with van der Waals surface area (Å²) in [6.45, 7) is 6.99. The third-order valence-electron chi connectivity index (χ3n) is 4.78. The Morgan fingerprint density at radius 1 is 0.476 bits per heavy atom. The molecule has 0 atom stereocenters. The molecular weight excluding hydrogens is 359 g/mol. The predicted molar refractivity (Wildman–Crippen MR) is 99.3 cm³/mol. The van der Waals surface area contributed by atoms with Gasteiger partial charge in [0, 0.05) is 0 Å². The molecule has 0 spiro atoms. The zero-order chi connectivity index (χ0) is 15.8. The average Bonchev–Trinajstić information content (AvgIpc) is 2.49. The van der Waals surface area contributed by atoms with Crippen molar-refractivity contribution in [1.29, 1.82) is 0 Å². The maximum atomic E-state index is 2.34. The third-order valence-corrected chi connectivity index (χ3v) is 6.92. The Hall–Kier alpha value is 0.799. The van der Waals surface area contributed by atoms with E-state index >= 15 is 0 Å². The summed E-state index contributed by atoms with van der Waals surface area (Å²) in [7, 11) is 0. The van der Waals surface area contributed by atoms with Gasteiger partial charge in [-0.15, -0.1) is 0 Å². The SMILES string of the molecule is CCCCCCCCCCC[C]([Sn])(CCCC)CCCC. The molecule has 0 aromatic carbocycles. The molecule has 0 aliphatic carbocycles. The van der Waals surface area contributed by atoms with Crippen molar-refractivity contribution < 1.29 is 0 Å². The fourth-order valence-electron chi connectivity index (χ4n) is 3.18. The number of unbranched alkanes of at least 4 members (excludes halogenated alkanes) is 10. The molecule has 3 radical (unpaired) electrons. The minimum atomic E-state index is 0.736. The maximum absolute atomic E-state index is 2.34. The minimum absolute atomic E-state index is 0.736. The third kappa shape index (κ3) is 14.1. The van der Waals surface area contributed by atoms with Crippen molar-refractivity contribution in [2.75, 3.05) is 0 Å².